The van der Waals surface area contributed by atoms with Gasteiger partial charge in [-0.05, 0) is 35.6 Å². The summed E-state index contributed by atoms with van der Waals surface area (Å²) in [5.74, 6) is 0.785. The molecule has 0 bridgehead atoms. The molecule has 2 aliphatic rings. The maximum Gasteiger partial charge on any atom is 0.333 e. The molecule has 1 aromatic heterocycles. The van der Waals surface area contributed by atoms with E-state index in [1.165, 1.54) is 12.0 Å². The molecule has 0 fully saturated rings. The highest BCUT2D eigenvalue weighted by Crippen LogP contribution is 2.36. The Bertz CT molecular complexity index is 834. The van der Waals surface area contributed by atoms with Crippen LogP contribution in [0.5, 0.6) is 11.5 Å². The van der Waals surface area contributed by atoms with E-state index in [4.69, 9.17) is 14.2 Å². The van der Waals surface area contributed by atoms with E-state index in [-0.39, 0.29) is 12.8 Å². The van der Waals surface area contributed by atoms with Crippen molar-refractivity contribution < 1.29 is 23.8 Å². The van der Waals surface area contributed by atoms with Crippen molar-refractivity contribution in [1.29, 1.82) is 0 Å². The van der Waals surface area contributed by atoms with Crippen LogP contribution in [0.25, 0.3) is 0 Å². The number of carbonyl (C=O) groups excluding carboxylic acids is 2. The van der Waals surface area contributed by atoms with Gasteiger partial charge in [-0.3, -0.25) is 0 Å². The van der Waals surface area contributed by atoms with Crippen molar-refractivity contribution in [3.8, 4) is 11.5 Å². The largest absolute Gasteiger partial charge is 0.467 e. The number of ether oxygens (including phenoxy) is 3. The molecule has 130 valence electrons. The van der Waals surface area contributed by atoms with E-state index in [9.17, 15) is 9.59 Å². The third-order valence-electron chi connectivity index (χ3n) is 4.28. The van der Waals surface area contributed by atoms with E-state index in [2.05, 4.69) is 5.32 Å². The summed E-state index contributed by atoms with van der Waals surface area (Å²) in [4.78, 5) is 27.7. The molecule has 2 amide bonds. The van der Waals surface area contributed by atoms with E-state index >= 15 is 0 Å². The highest BCUT2D eigenvalue weighted by atomic mass is 32.1. The number of hydrogen-bond acceptors (Lipinski definition) is 6. The maximum absolute atomic E-state index is 12.8. The van der Waals surface area contributed by atoms with Crippen LogP contribution < -0.4 is 14.8 Å². The lowest BCUT2D eigenvalue weighted by molar-refractivity contribution is -0.146. The molecule has 7 nitrogen and oxygen atoms in total. The number of methoxy groups -OCH3 is 1. The van der Waals surface area contributed by atoms with E-state index in [0.717, 1.165) is 16.9 Å². The number of rotatable bonds is 2. The Labute approximate surface area is 148 Å². The molecule has 2 aromatic rings. The second kappa shape index (κ2) is 6.29. The smallest absolute Gasteiger partial charge is 0.333 e. The summed E-state index contributed by atoms with van der Waals surface area (Å²) < 4.78 is 15.5. The van der Waals surface area contributed by atoms with E-state index in [0.29, 0.717) is 23.7 Å². The normalized spacial score (nSPS) is 17.8. The number of nitrogens with one attached hydrogen (secondary N) is 1. The molecule has 0 spiro atoms. The molecule has 0 saturated carbocycles. The topological polar surface area (TPSA) is 77.1 Å². The van der Waals surface area contributed by atoms with Crippen LogP contribution in [0, 0.1) is 0 Å². The van der Waals surface area contributed by atoms with Crippen LogP contribution in [0.2, 0.25) is 0 Å². The lowest BCUT2D eigenvalue weighted by atomic mass is 10.0. The molecule has 1 aromatic carbocycles. The maximum atomic E-state index is 12.8. The van der Waals surface area contributed by atoms with Gasteiger partial charge in [-0.2, -0.15) is 0 Å². The number of amides is 2. The van der Waals surface area contributed by atoms with Crippen LogP contribution in [-0.4, -0.2) is 37.3 Å². The van der Waals surface area contributed by atoms with Crippen LogP contribution in [0.3, 0.4) is 0 Å². The Morgan fingerprint density at radius 3 is 2.96 bits per heavy atom. The van der Waals surface area contributed by atoms with Gasteiger partial charge in [0.25, 0.3) is 0 Å². The number of hydrogen-bond donors (Lipinski definition) is 1. The first kappa shape index (κ1) is 15.8. The molecule has 2 aliphatic heterocycles. The summed E-state index contributed by atoms with van der Waals surface area (Å²) in [6.07, 6.45) is 0.717. The van der Waals surface area contributed by atoms with Gasteiger partial charge in [-0.1, -0.05) is 0 Å². The molecule has 4 rings (SSSR count). The van der Waals surface area contributed by atoms with Gasteiger partial charge >= 0.3 is 12.0 Å². The number of esters is 1. The fourth-order valence-corrected chi connectivity index (χ4v) is 3.97. The zero-order valence-electron chi connectivity index (χ0n) is 13.5. The lowest BCUT2D eigenvalue weighted by Crippen LogP contribution is -2.45. The summed E-state index contributed by atoms with van der Waals surface area (Å²) >= 11 is 1.59. The summed E-state index contributed by atoms with van der Waals surface area (Å²) in [5, 5.41) is 4.75. The molecule has 0 aliphatic carbocycles. The second-order valence-electron chi connectivity index (χ2n) is 5.67. The first-order valence-electron chi connectivity index (χ1n) is 7.79. The van der Waals surface area contributed by atoms with Gasteiger partial charge in [0, 0.05) is 23.2 Å². The van der Waals surface area contributed by atoms with Gasteiger partial charge in [-0.15, -0.1) is 11.3 Å². The molecule has 25 heavy (non-hydrogen) atoms. The van der Waals surface area contributed by atoms with Crippen LogP contribution >= 0.6 is 11.3 Å². The van der Waals surface area contributed by atoms with Crippen molar-refractivity contribution in [1.82, 2.24) is 4.90 Å². The Morgan fingerprint density at radius 1 is 1.28 bits per heavy atom. The zero-order valence-corrected chi connectivity index (χ0v) is 14.3. The van der Waals surface area contributed by atoms with Crippen molar-refractivity contribution in [3.63, 3.8) is 0 Å². The number of urea groups is 1. The van der Waals surface area contributed by atoms with Gasteiger partial charge < -0.3 is 24.4 Å². The minimum atomic E-state index is -0.728. The predicted octanol–water partition coefficient (Wildman–Crippen LogP) is 2.78. The van der Waals surface area contributed by atoms with Crippen molar-refractivity contribution in [3.05, 3.63) is 40.1 Å². The van der Waals surface area contributed by atoms with Crippen molar-refractivity contribution in [2.75, 3.05) is 25.8 Å². The quantitative estimate of drug-likeness (QED) is 0.834. The molecular formula is C17H16N2O5S. The van der Waals surface area contributed by atoms with Crippen molar-refractivity contribution in [2.45, 2.75) is 12.5 Å². The third-order valence-corrected chi connectivity index (χ3v) is 5.27. The first-order chi connectivity index (χ1) is 12.2. The summed E-state index contributed by atoms with van der Waals surface area (Å²) in [5.41, 5.74) is 1.41. The van der Waals surface area contributed by atoms with Gasteiger partial charge in [0.15, 0.2) is 17.5 Å². The number of nitrogens with zero attached hydrogens (tertiary/aromatic N) is 1. The standard InChI is InChI=1S/C17H16N2O5S/c1-22-16(20)15-11-5-7-25-14(11)4-6-19(15)17(21)18-10-2-3-12-13(8-10)24-9-23-12/h2-3,5,7-8,15H,4,6,9H2,1H3,(H,18,21). The zero-order chi connectivity index (χ0) is 17.4. The van der Waals surface area contributed by atoms with E-state index in [1.807, 2.05) is 11.4 Å². The molecule has 1 atom stereocenters. The van der Waals surface area contributed by atoms with Crippen molar-refractivity contribution >= 4 is 29.0 Å². The van der Waals surface area contributed by atoms with Crippen LogP contribution in [0.4, 0.5) is 10.5 Å². The summed E-state index contributed by atoms with van der Waals surface area (Å²) in [7, 11) is 1.33. The van der Waals surface area contributed by atoms with Gasteiger partial charge in [0.05, 0.1) is 7.11 Å². The fourth-order valence-electron chi connectivity index (χ4n) is 3.07. The predicted molar refractivity (Wildman–Crippen MR) is 91.1 cm³/mol. The molecule has 0 saturated heterocycles. The van der Waals surface area contributed by atoms with Gasteiger partial charge in [0.1, 0.15) is 0 Å². The highest BCUT2D eigenvalue weighted by molar-refractivity contribution is 7.10. The molecule has 1 N–H and O–H groups in total. The molecular weight excluding hydrogens is 344 g/mol. The minimum absolute atomic E-state index is 0.171. The van der Waals surface area contributed by atoms with Crippen LogP contribution in [0.1, 0.15) is 16.5 Å². The lowest BCUT2D eigenvalue weighted by Gasteiger charge is -2.33. The summed E-state index contributed by atoms with van der Waals surface area (Å²) in [6.45, 7) is 0.619. The minimum Gasteiger partial charge on any atom is -0.467 e. The van der Waals surface area contributed by atoms with Gasteiger partial charge in [-0.25, -0.2) is 9.59 Å². The van der Waals surface area contributed by atoms with Crippen LogP contribution in [-0.2, 0) is 16.0 Å². The second-order valence-corrected chi connectivity index (χ2v) is 6.67. The fraction of sp³-hybridized carbons (Fsp3) is 0.294. The average molecular weight is 360 g/mol. The number of benzene rings is 1. The first-order valence-corrected chi connectivity index (χ1v) is 8.66. The van der Waals surface area contributed by atoms with E-state index in [1.54, 1.807) is 29.5 Å². The summed E-state index contributed by atoms with van der Waals surface area (Å²) in [6, 6.07) is 5.97. The Balaban J connectivity index is 1.57. The monoisotopic (exact) mass is 360 g/mol. The number of carbonyl (C=O) groups is 2. The number of fused-ring (bicyclic) bond motifs is 2. The Kier molecular flexibility index (Phi) is 3.96. The van der Waals surface area contributed by atoms with E-state index < -0.39 is 12.0 Å². The van der Waals surface area contributed by atoms with Gasteiger partial charge in [0.2, 0.25) is 6.79 Å². The number of anilines is 1. The van der Waals surface area contributed by atoms with Crippen molar-refractivity contribution in [2.24, 2.45) is 0 Å². The molecule has 1 unspecified atom stereocenters. The highest BCUT2D eigenvalue weighted by Gasteiger charge is 2.37. The third kappa shape index (κ3) is 2.78. The molecule has 8 heteroatoms. The Hall–Kier alpha value is -2.74. The molecule has 0 radical (unpaired) electrons. The Morgan fingerprint density at radius 2 is 2.12 bits per heavy atom. The SMILES string of the molecule is COC(=O)C1c2ccsc2CCN1C(=O)Nc1ccc2c(c1)OCO2. The number of thiophene rings is 1. The molecule has 3 heterocycles. The average Bonchev–Trinajstić information content (AvgIpc) is 3.28. The van der Waals surface area contributed by atoms with Crippen LogP contribution in [0.15, 0.2) is 29.6 Å².